The first-order chi connectivity index (χ1) is 34.9. The number of para-hydroxylation sites is 2. The lowest BCUT2D eigenvalue weighted by molar-refractivity contribution is 0.00598. The summed E-state index contributed by atoms with van der Waals surface area (Å²) >= 11 is 0. The van der Waals surface area contributed by atoms with Gasteiger partial charge in [-0.2, -0.15) is 0 Å². The van der Waals surface area contributed by atoms with E-state index in [4.69, 9.17) is 27.1 Å². The van der Waals surface area contributed by atoms with Gasteiger partial charge in [-0.05, 0) is 130 Å². The second kappa shape index (κ2) is 40.1. The van der Waals surface area contributed by atoms with Crippen molar-refractivity contribution in [1.29, 1.82) is 0 Å². The van der Waals surface area contributed by atoms with Crippen LogP contribution < -0.4 is 9.05 Å². The molecule has 2 aliphatic carbocycles. The first kappa shape index (κ1) is 62.3. The monoisotopic (exact) mass is 1020 g/mol. The Morgan fingerprint density at radius 2 is 0.676 bits per heavy atom. The average molecular weight is 1030 g/mol. The van der Waals surface area contributed by atoms with E-state index < -0.39 is 17.2 Å². The normalized spacial score (nSPS) is 19.5. The summed E-state index contributed by atoms with van der Waals surface area (Å²) in [5, 5.41) is 0. The summed E-state index contributed by atoms with van der Waals surface area (Å²) in [7, 11) is -2.94. The van der Waals surface area contributed by atoms with Crippen molar-refractivity contribution in [2.24, 2.45) is 17.3 Å². The third-order valence-electron chi connectivity index (χ3n) is 16.2. The maximum atomic E-state index is 6.88. The van der Waals surface area contributed by atoms with Crippen LogP contribution in [0, 0.1) is 17.3 Å². The summed E-state index contributed by atoms with van der Waals surface area (Å²) in [6.07, 6.45) is 47.8. The van der Waals surface area contributed by atoms with Gasteiger partial charge in [-0.3, -0.25) is 9.05 Å². The van der Waals surface area contributed by atoms with Gasteiger partial charge in [-0.25, -0.2) is 0 Å². The summed E-state index contributed by atoms with van der Waals surface area (Å²) in [6.45, 7) is 15.7. The Balaban J connectivity index is 1.28. The predicted octanol–water partition coefficient (Wildman–Crippen LogP) is 21.9. The molecule has 0 radical (unpaired) electrons. The fourth-order valence-corrected chi connectivity index (χ4v) is 13.7. The predicted molar refractivity (Wildman–Crippen MR) is 307 cm³/mol. The molecule has 2 aromatic rings. The lowest BCUT2D eigenvalue weighted by Gasteiger charge is -2.46. The van der Waals surface area contributed by atoms with E-state index in [0.717, 1.165) is 62.9 Å². The van der Waals surface area contributed by atoms with E-state index in [-0.39, 0.29) is 17.6 Å². The van der Waals surface area contributed by atoms with Gasteiger partial charge >= 0.3 is 17.2 Å². The van der Waals surface area contributed by atoms with Gasteiger partial charge in [0.1, 0.15) is 11.5 Å². The van der Waals surface area contributed by atoms with Crippen LogP contribution in [-0.2, 0) is 30.9 Å². The summed E-state index contributed by atoms with van der Waals surface area (Å²) in [5.41, 5.74) is 2.85. The van der Waals surface area contributed by atoms with Crippen molar-refractivity contribution in [2.45, 2.75) is 298 Å². The van der Waals surface area contributed by atoms with Crippen LogP contribution in [0.3, 0.4) is 0 Å². The SMILES string of the molecule is CCCCCCCCCOP(Oc1ccccc1CCCCCCCCC)OC1CCC(C(C)(C)C2CCC(OP(OCCCCCCCCC)Oc3ccccc3CCCCCCCCC)CC2)CC1. The van der Waals surface area contributed by atoms with Gasteiger partial charge in [-0.15, -0.1) is 0 Å². The molecule has 0 aliphatic heterocycles. The van der Waals surface area contributed by atoms with Crippen molar-refractivity contribution in [2.75, 3.05) is 13.2 Å². The van der Waals surface area contributed by atoms with Crippen LogP contribution in [-0.4, -0.2) is 25.4 Å². The van der Waals surface area contributed by atoms with Crippen LogP contribution in [0.4, 0.5) is 0 Å². The van der Waals surface area contributed by atoms with Crippen molar-refractivity contribution >= 4 is 17.2 Å². The quantitative estimate of drug-likeness (QED) is 0.0487. The van der Waals surface area contributed by atoms with E-state index in [2.05, 4.69) is 90.1 Å². The molecule has 0 N–H and O–H groups in total. The molecular weight excluding hydrogens is 915 g/mol. The van der Waals surface area contributed by atoms with Crippen LogP contribution >= 0.6 is 17.2 Å². The van der Waals surface area contributed by atoms with Gasteiger partial charge in [0.25, 0.3) is 0 Å². The van der Waals surface area contributed by atoms with Gasteiger partial charge in [0.2, 0.25) is 0 Å². The minimum atomic E-state index is -1.47. The largest absolute Gasteiger partial charge is 0.426 e. The number of rotatable bonds is 44. The van der Waals surface area contributed by atoms with E-state index in [1.807, 2.05) is 0 Å². The first-order valence-corrected chi connectivity index (χ1v) is 32.8. The Morgan fingerprint density at radius 3 is 1.01 bits per heavy atom. The fraction of sp³-hybridized carbons (Fsp3) is 0.810. The lowest BCUT2D eigenvalue weighted by atomic mass is 9.60. The van der Waals surface area contributed by atoms with Crippen molar-refractivity contribution in [3.05, 3.63) is 59.7 Å². The van der Waals surface area contributed by atoms with Crippen LogP contribution in [0.5, 0.6) is 11.5 Å². The first-order valence-electron chi connectivity index (χ1n) is 30.6. The van der Waals surface area contributed by atoms with Crippen LogP contribution in [0.1, 0.15) is 284 Å². The third kappa shape index (κ3) is 26.9. The van der Waals surface area contributed by atoms with Gasteiger partial charge < -0.3 is 18.1 Å². The van der Waals surface area contributed by atoms with Crippen molar-refractivity contribution < 1.29 is 27.1 Å². The molecule has 6 nitrogen and oxygen atoms in total. The topological polar surface area (TPSA) is 55.4 Å². The smallest absolute Gasteiger partial charge is 0.397 e. The molecule has 0 aromatic heterocycles. The van der Waals surface area contributed by atoms with Gasteiger partial charge in [0.05, 0.1) is 25.4 Å². The summed E-state index contributed by atoms with van der Waals surface area (Å²) in [6, 6.07) is 17.3. The maximum absolute atomic E-state index is 6.88. The highest BCUT2D eigenvalue weighted by atomic mass is 31.2. The molecule has 4 rings (SSSR count). The zero-order valence-electron chi connectivity index (χ0n) is 47.1. The van der Waals surface area contributed by atoms with Crippen molar-refractivity contribution in [3.8, 4) is 11.5 Å². The standard InChI is InChI=1S/C63H110O6P2/c1-7-11-15-19-23-27-31-39-55-41-33-35-43-61(55)68-70(64-53-37-29-25-21-17-13-9-3)66-59-49-45-57(46-50-59)63(5,6)58-47-51-60(52-48-58)67-71(65-54-38-30-26-22-18-14-10-4)69-62-44-36-34-42-56(62)40-32-28-24-20-16-12-8-2/h33-36,41-44,57-60H,7-32,37-40,45-54H2,1-6H3. The molecule has 2 aromatic carbocycles. The zero-order chi connectivity index (χ0) is 50.5. The molecule has 0 saturated heterocycles. The number of unbranched alkanes of at least 4 members (excludes halogenated alkanes) is 24. The fourth-order valence-electron chi connectivity index (χ4n) is 11.3. The minimum absolute atomic E-state index is 0.183. The summed E-state index contributed by atoms with van der Waals surface area (Å²) < 4.78 is 40.4. The molecular formula is C63H110O6P2. The molecule has 0 heterocycles. The number of hydrogen-bond donors (Lipinski definition) is 0. The summed E-state index contributed by atoms with van der Waals surface area (Å²) in [4.78, 5) is 0. The molecule has 408 valence electrons. The lowest BCUT2D eigenvalue weighted by Crippen LogP contribution is -2.39. The second-order valence-corrected chi connectivity index (χ2v) is 24.7. The Labute approximate surface area is 441 Å². The highest BCUT2D eigenvalue weighted by molar-refractivity contribution is 7.42. The molecule has 8 heteroatoms. The Bertz CT molecular complexity index is 1430. The van der Waals surface area contributed by atoms with E-state index >= 15 is 0 Å². The Kier molecular flexibility index (Phi) is 35.1. The van der Waals surface area contributed by atoms with Gasteiger partial charge in [-0.1, -0.05) is 232 Å². The Hall–Kier alpha value is -1.26. The highest BCUT2D eigenvalue weighted by Gasteiger charge is 2.42. The van der Waals surface area contributed by atoms with E-state index in [1.165, 1.54) is 204 Å². The van der Waals surface area contributed by atoms with E-state index in [9.17, 15) is 0 Å². The van der Waals surface area contributed by atoms with Crippen molar-refractivity contribution in [1.82, 2.24) is 0 Å². The second-order valence-electron chi connectivity index (χ2n) is 22.5. The molecule has 0 spiro atoms. The average Bonchev–Trinajstić information content (AvgIpc) is 3.38. The molecule has 2 unspecified atom stereocenters. The van der Waals surface area contributed by atoms with E-state index in [0.29, 0.717) is 25.0 Å². The zero-order valence-corrected chi connectivity index (χ0v) is 48.8. The molecule has 2 saturated carbocycles. The van der Waals surface area contributed by atoms with E-state index in [1.54, 1.807) is 0 Å². The third-order valence-corrected chi connectivity index (χ3v) is 18.6. The summed E-state index contributed by atoms with van der Waals surface area (Å²) in [5.74, 6) is 3.29. The highest BCUT2D eigenvalue weighted by Crippen LogP contribution is 2.53. The molecule has 0 bridgehead atoms. The number of benzene rings is 2. The molecule has 2 fully saturated rings. The number of hydrogen-bond acceptors (Lipinski definition) is 6. The van der Waals surface area contributed by atoms with Crippen molar-refractivity contribution in [3.63, 3.8) is 0 Å². The Morgan fingerprint density at radius 1 is 0.380 bits per heavy atom. The minimum Gasteiger partial charge on any atom is -0.426 e. The van der Waals surface area contributed by atoms with Crippen LogP contribution in [0.15, 0.2) is 48.5 Å². The molecule has 71 heavy (non-hydrogen) atoms. The number of aryl methyl sites for hydroxylation is 2. The van der Waals surface area contributed by atoms with Gasteiger partial charge in [0, 0.05) is 0 Å². The molecule has 0 amide bonds. The molecule has 2 aliphatic rings. The van der Waals surface area contributed by atoms with Gasteiger partial charge in [0.15, 0.2) is 0 Å². The maximum Gasteiger partial charge on any atom is 0.397 e. The molecule has 2 atom stereocenters. The van der Waals surface area contributed by atoms with Crippen LogP contribution in [0.2, 0.25) is 0 Å². The van der Waals surface area contributed by atoms with Crippen LogP contribution in [0.25, 0.3) is 0 Å².